The number of pyridine rings is 1. The first-order valence-corrected chi connectivity index (χ1v) is 8.41. The number of amides is 1. The number of nitrogens with one attached hydrogen (secondary N) is 1. The van der Waals surface area contributed by atoms with Gasteiger partial charge in [-0.05, 0) is 36.2 Å². The van der Waals surface area contributed by atoms with E-state index in [2.05, 4.69) is 10.3 Å². The van der Waals surface area contributed by atoms with Gasteiger partial charge in [0.1, 0.15) is 11.6 Å². The molecule has 0 radical (unpaired) electrons. The van der Waals surface area contributed by atoms with Crippen LogP contribution in [0, 0.1) is 5.92 Å². The van der Waals surface area contributed by atoms with Crippen molar-refractivity contribution < 1.29 is 14.3 Å². The van der Waals surface area contributed by atoms with Gasteiger partial charge < -0.3 is 14.8 Å². The van der Waals surface area contributed by atoms with Crippen molar-refractivity contribution in [2.75, 3.05) is 17.7 Å². The van der Waals surface area contributed by atoms with Crippen molar-refractivity contribution in [3.05, 3.63) is 48.0 Å². The topological polar surface area (TPSA) is 75.4 Å². The molecule has 2 N–H and O–H groups in total. The Morgan fingerprint density at radius 3 is 3.18 bits per heavy atom. The second kappa shape index (κ2) is 6.98. The van der Waals surface area contributed by atoms with Crippen LogP contribution >= 0.6 is 11.8 Å². The summed E-state index contributed by atoms with van der Waals surface area (Å²) >= 11 is 1.65. The molecule has 1 saturated carbocycles. The molecule has 1 amide bonds. The molecule has 3 rings (SSSR count). The standard InChI is InChI=1S/C16H18N2O3S/c19-5-7-22-10-11-3-4-17-15(8-11)18-16(20)13-9-12(13)14-2-1-6-21-14/h1-4,6,8,12-13,19H,5,7,9-10H2,(H,17,18,20). The van der Waals surface area contributed by atoms with Crippen LogP contribution in [-0.4, -0.2) is 28.4 Å². The van der Waals surface area contributed by atoms with Gasteiger partial charge in [-0.2, -0.15) is 11.8 Å². The Morgan fingerprint density at radius 2 is 2.41 bits per heavy atom. The van der Waals surface area contributed by atoms with E-state index in [1.807, 2.05) is 24.3 Å². The second-order valence-electron chi connectivity index (χ2n) is 5.28. The van der Waals surface area contributed by atoms with Crippen LogP contribution in [0.3, 0.4) is 0 Å². The summed E-state index contributed by atoms with van der Waals surface area (Å²) in [5, 5.41) is 11.7. The number of thioether (sulfide) groups is 1. The van der Waals surface area contributed by atoms with Gasteiger partial charge in [0.25, 0.3) is 0 Å². The highest BCUT2D eigenvalue weighted by Gasteiger charge is 2.45. The molecule has 22 heavy (non-hydrogen) atoms. The molecule has 2 aromatic rings. The molecule has 2 heterocycles. The van der Waals surface area contributed by atoms with Gasteiger partial charge >= 0.3 is 0 Å². The number of aliphatic hydroxyl groups is 1. The van der Waals surface area contributed by atoms with Gasteiger partial charge in [-0.1, -0.05) is 0 Å². The first kappa shape index (κ1) is 15.1. The molecule has 0 saturated heterocycles. The zero-order valence-electron chi connectivity index (χ0n) is 12.1. The van der Waals surface area contributed by atoms with Crippen molar-refractivity contribution >= 4 is 23.5 Å². The molecule has 6 heteroatoms. The minimum absolute atomic E-state index is 0.00550. The van der Waals surface area contributed by atoms with Crippen LogP contribution in [0.25, 0.3) is 0 Å². The second-order valence-corrected chi connectivity index (χ2v) is 6.38. The normalized spacial score (nSPS) is 19.9. The molecule has 5 nitrogen and oxygen atoms in total. The molecule has 1 aliphatic rings. The first-order chi connectivity index (χ1) is 10.8. The van der Waals surface area contributed by atoms with E-state index < -0.39 is 0 Å². The van der Waals surface area contributed by atoms with E-state index in [-0.39, 0.29) is 24.3 Å². The highest BCUT2D eigenvalue weighted by Crippen LogP contribution is 2.48. The van der Waals surface area contributed by atoms with Crippen molar-refractivity contribution in [2.24, 2.45) is 5.92 Å². The third-order valence-electron chi connectivity index (χ3n) is 3.62. The summed E-state index contributed by atoms with van der Waals surface area (Å²) < 4.78 is 5.34. The van der Waals surface area contributed by atoms with Crippen LogP contribution in [0.1, 0.15) is 23.7 Å². The van der Waals surface area contributed by atoms with Crippen molar-refractivity contribution in [1.82, 2.24) is 4.98 Å². The largest absolute Gasteiger partial charge is 0.469 e. The third kappa shape index (κ3) is 3.69. The molecule has 2 atom stereocenters. The van der Waals surface area contributed by atoms with E-state index in [9.17, 15) is 4.79 Å². The smallest absolute Gasteiger partial charge is 0.229 e. The molecule has 0 spiro atoms. The van der Waals surface area contributed by atoms with Crippen LogP contribution < -0.4 is 5.32 Å². The third-order valence-corrected chi connectivity index (χ3v) is 4.62. The molecule has 0 aromatic carbocycles. The van der Waals surface area contributed by atoms with Crippen LogP contribution in [-0.2, 0) is 10.5 Å². The Bertz CT molecular complexity index is 630. The van der Waals surface area contributed by atoms with Crippen molar-refractivity contribution in [3.8, 4) is 0 Å². The lowest BCUT2D eigenvalue weighted by Gasteiger charge is -2.06. The number of rotatable bonds is 7. The Morgan fingerprint density at radius 1 is 1.50 bits per heavy atom. The summed E-state index contributed by atoms with van der Waals surface area (Å²) in [5.74, 6) is 3.12. The van der Waals surface area contributed by atoms with E-state index in [1.54, 1.807) is 24.2 Å². The van der Waals surface area contributed by atoms with Crippen LogP contribution in [0.2, 0.25) is 0 Å². The molecule has 0 bridgehead atoms. The summed E-state index contributed by atoms with van der Waals surface area (Å²) in [6, 6.07) is 7.56. The van der Waals surface area contributed by atoms with Crippen molar-refractivity contribution in [1.29, 1.82) is 0 Å². The maximum Gasteiger partial charge on any atom is 0.229 e. The predicted molar refractivity (Wildman–Crippen MR) is 85.7 cm³/mol. The Hall–Kier alpha value is -1.79. The summed E-state index contributed by atoms with van der Waals surface area (Å²) in [6.45, 7) is 0.176. The van der Waals surface area contributed by atoms with Gasteiger partial charge in [-0.15, -0.1) is 0 Å². The summed E-state index contributed by atoms with van der Waals surface area (Å²) in [7, 11) is 0. The fourth-order valence-electron chi connectivity index (χ4n) is 2.41. The van der Waals surface area contributed by atoms with Gasteiger partial charge in [0.05, 0.1) is 12.9 Å². The number of anilines is 1. The Balaban J connectivity index is 1.55. The lowest BCUT2D eigenvalue weighted by atomic mass is 10.2. The van der Waals surface area contributed by atoms with Crippen LogP contribution in [0.4, 0.5) is 5.82 Å². The maximum absolute atomic E-state index is 12.2. The molecule has 2 unspecified atom stereocenters. The highest BCUT2D eigenvalue weighted by atomic mass is 32.2. The van der Waals surface area contributed by atoms with E-state index in [0.717, 1.165) is 23.5 Å². The van der Waals surface area contributed by atoms with E-state index >= 15 is 0 Å². The highest BCUT2D eigenvalue weighted by molar-refractivity contribution is 7.98. The number of aromatic nitrogens is 1. The SMILES string of the molecule is O=C(Nc1cc(CSCCO)ccn1)C1CC1c1ccco1. The maximum atomic E-state index is 12.2. The molecule has 116 valence electrons. The summed E-state index contributed by atoms with van der Waals surface area (Å²) in [6.07, 6.45) is 4.16. The fraction of sp³-hybridized carbons (Fsp3) is 0.375. The molecule has 1 aliphatic carbocycles. The molecule has 0 aliphatic heterocycles. The zero-order valence-corrected chi connectivity index (χ0v) is 12.9. The van der Waals surface area contributed by atoms with Gasteiger partial charge in [-0.3, -0.25) is 4.79 Å². The van der Waals surface area contributed by atoms with E-state index in [1.165, 1.54) is 0 Å². The van der Waals surface area contributed by atoms with Gasteiger partial charge in [0.15, 0.2) is 0 Å². The lowest BCUT2D eigenvalue weighted by molar-refractivity contribution is -0.117. The van der Waals surface area contributed by atoms with E-state index in [0.29, 0.717) is 11.6 Å². The van der Waals surface area contributed by atoms with Gasteiger partial charge in [0.2, 0.25) is 5.91 Å². The molecule has 1 fully saturated rings. The Kier molecular flexibility index (Phi) is 4.80. The number of carbonyl (C=O) groups excluding carboxylic acids is 1. The molecular weight excluding hydrogens is 300 g/mol. The fourth-order valence-corrected chi connectivity index (χ4v) is 3.10. The number of hydrogen-bond acceptors (Lipinski definition) is 5. The predicted octanol–water partition coefficient (Wildman–Crippen LogP) is 2.64. The van der Waals surface area contributed by atoms with Gasteiger partial charge in [-0.25, -0.2) is 4.98 Å². The first-order valence-electron chi connectivity index (χ1n) is 7.25. The van der Waals surface area contributed by atoms with Crippen molar-refractivity contribution in [3.63, 3.8) is 0 Å². The minimum Gasteiger partial charge on any atom is -0.469 e. The summed E-state index contributed by atoms with van der Waals surface area (Å²) in [5.41, 5.74) is 1.09. The Labute approximate surface area is 133 Å². The molecule has 2 aromatic heterocycles. The number of carbonyl (C=O) groups is 1. The zero-order chi connectivity index (χ0) is 15.4. The number of aliphatic hydroxyl groups excluding tert-OH is 1. The monoisotopic (exact) mass is 318 g/mol. The molecular formula is C16H18N2O3S. The quantitative estimate of drug-likeness (QED) is 0.768. The van der Waals surface area contributed by atoms with E-state index in [4.69, 9.17) is 9.52 Å². The minimum atomic E-state index is -0.0274. The average molecular weight is 318 g/mol. The number of nitrogens with zero attached hydrogens (tertiary/aromatic N) is 1. The lowest BCUT2D eigenvalue weighted by Crippen LogP contribution is -2.15. The summed E-state index contributed by atoms with van der Waals surface area (Å²) in [4.78, 5) is 16.4. The van der Waals surface area contributed by atoms with Crippen molar-refractivity contribution in [2.45, 2.75) is 18.1 Å². The average Bonchev–Trinajstić information content (AvgIpc) is 3.14. The van der Waals surface area contributed by atoms with Crippen LogP contribution in [0.5, 0.6) is 0 Å². The number of hydrogen-bond donors (Lipinski definition) is 2. The number of furan rings is 1. The van der Waals surface area contributed by atoms with Gasteiger partial charge in [0, 0.05) is 29.5 Å². The van der Waals surface area contributed by atoms with Crippen LogP contribution in [0.15, 0.2) is 41.1 Å².